The van der Waals surface area contributed by atoms with E-state index in [4.69, 9.17) is 0 Å². The standard InChI is InChI=1S/C18H18BrNO/c1-12-4-3-5-13(2)16(12)20-17(21)18(10-11-18)14-6-8-15(19)9-7-14/h3-9H,10-11H2,1-2H3,(H,20,21). The lowest BCUT2D eigenvalue weighted by Crippen LogP contribution is -2.28. The molecule has 3 heteroatoms. The van der Waals surface area contributed by atoms with Crippen molar-refractivity contribution in [1.29, 1.82) is 0 Å². The quantitative estimate of drug-likeness (QED) is 0.856. The normalized spacial score (nSPS) is 15.6. The summed E-state index contributed by atoms with van der Waals surface area (Å²) in [7, 11) is 0. The molecule has 0 bridgehead atoms. The summed E-state index contributed by atoms with van der Waals surface area (Å²) < 4.78 is 1.04. The van der Waals surface area contributed by atoms with Crippen LogP contribution in [0.4, 0.5) is 5.69 Å². The number of carbonyl (C=O) groups excluding carboxylic acids is 1. The van der Waals surface area contributed by atoms with Gasteiger partial charge in [0, 0.05) is 10.2 Å². The Morgan fingerprint density at radius 2 is 1.62 bits per heavy atom. The molecule has 1 N–H and O–H groups in total. The zero-order valence-corrected chi connectivity index (χ0v) is 13.8. The van der Waals surface area contributed by atoms with E-state index < -0.39 is 0 Å². The van der Waals surface area contributed by atoms with Gasteiger partial charge in [-0.15, -0.1) is 0 Å². The molecule has 21 heavy (non-hydrogen) atoms. The predicted molar refractivity (Wildman–Crippen MR) is 89.6 cm³/mol. The third kappa shape index (κ3) is 2.62. The molecule has 0 unspecified atom stereocenters. The highest BCUT2D eigenvalue weighted by atomic mass is 79.9. The van der Waals surface area contributed by atoms with Crippen LogP contribution in [-0.4, -0.2) is 5.91 Å². The van der Waals surface area contributed by atoms with Gasteiger partial charge in [-0.05, 0) is 55.5 Å². The molecular weight excluding hydrogens is 326 g/mol. The van der Waals surface area contributed by atoms with Gasteiger partial charge in [-0.3, -0.25) is 4.79 Å². The van der Waals surface area contributed by atoms with Crippen LogP contribution in [0.1, 0.15) is 29.5 Å². The van der Waals surface area contributed by atoms with Crippen LogP contribution in [0.2, 0.25) is 0 Å². The highest BCUT2D eigenvalue weighted by Gasteiger charge is 2.51. The molecule has 0 heterocycles. The number of benzene rings is 2. The Hall–Kier alpha value is -1.61. The molecular formula is C18H18BrNO. The number of hydrogen-bond acceptors (Lipinski definition) is 1. The van der Waals surface area contributed by atoms with Crippen LogP contribution < -0.4 is 5.32 Å². The van der Waals surface area contributed by atoms with Crippen molar-refractivity contribution >= 4 is 27.5 Å². The molecule has 3 rings (SSSR count). The first-order chi connectivity index (χ1) is 10.0. The SMILES string of the molecule is Cc1cccc(C)c1NC(=O)C1(c2ccc(Br)cc2)CC1. The molecule has 1 aliphatic rings. The van der Waals surface area contributed by atoms with E-state index in [0.717, 1.165) is 39.7 Å². The lowest BCUT2D eigenvalue weighted by Gasteiger charge is -2.18. The number of anilines is 1. The summed E-state index contributed by atoms with van der Waals surface area (Å²) in [4.78, 5) is 12.8. The first kappa shape index (κ1) is 14.3. The maximum absolute atomic E-state index is 12.8. The minimum absolute atomic E-state index is 0.113. The fraction of sp³-hybridized carbons (Fsp3) is 0.278. The number of hydrogen-bond donors (Lipinski definition) is 1. The zero-order chi connectivity index (χ0) is 15.0. The van der Waals surface area contributed by atoms with E-state index in [9.17, 15) is 4.79 Å². The molecule has 1 aliphatic carbocycles. The minimum Gasteiger partial charge on any atom is -0.325 e. The van der Waals surface area contributed by atoms with E-state index in [1.165, 1.54) is 0 Å². The van der Waals surface area contributed by atoms with Gasteiger partial charge >= 0.3 is 0 Å². The molecule has 2 nitrogen and oxygen atoms in total. The topological polar surface area (TPSA) is 29.1 Å². The first-order valence-electron chi connectivity index (χ1n) is 7.17. The van der Waals surface area contributed by atoms with Crippen molar-refractivity contribution in [3.63, 3.8) is 0 Å². The summed E-state index contributed by atoms with van der Waals surface area (Å²) >= 11 is 3.44. The van der Waals surface area contributed by atoms with E-state index in [2.05, 4.69) is 21.2 Å². The van der Waals surface area contributed by atoms with E-state index in [-0.39, 0.29) is 11.3 Å². The average molecular weight is 344 g/mol. The van der Waals surface area contributed by atoms with Crippen molar-refractivity contribution in [3.05, 3.63) is 63.6 Å². The van der Waals surface area contributed by atoms with Gasteiger partial charge in [0.1, 0.15) is 0 Å². The predicted octanol–water partition coefficient (Wildman–Crippen LogP) is 4.74. The number of amides is 1. The summed E-state index contributed by atoms with van der Waals surface area (Å²) in [5.74, 6) is 0.113. The van der Waals surface area contributed by atoms with Gasteiger partial charge in [-0.2, -0.15) is 0 Å². The van der Waals surface area contributed by atoms with Crippen molar-refractivity contribution in [3.8, 4) is 0 Å². The van der Waals surface area contributed by atoms with Gasteiger partial charge in [-0.25, -0.2) is 0 Å². The van der Waals surface area contributed by atoms with Crippen molar-refractivity contribution in [1.82, 2.24) is 0 Å². The summed E-state index contributed by atoms with van der Waals surface area (Å²) in [5.41, 5.74) is 3.93. The van der Waals surface area contributed by atoms with Gasteiger partial charge in [0.25, 0.3) is 0 Å². The van der Waals surface area contributed by atoms with E-state index >= 15 is 0 Å². The Bertz CT molecular complexity index is 667. The van der Waals surface area contributed by atoms with E-state index in [1.54, 1.807) is 0 Å². The molecule has 1 saturated carbocycles. The van der Waals surface area contributed by atoms with E-state index in [0.29, 0.717) is 0 Å². The third-order valence-electron chi connectivity index (χ3n) is 4.30. The molecule has 0 radical (unpaired) electrons. The second-order valence-corrected chi connectivity index (χ2v) is 6.73. The summed E-state index contributed by atoms with van der Waals surface area (Å²) in [6.07, 6.45) is 1.84. The second kappa shape index (κ2) is 5.30. The molecule has 2 aromatic carbocycles. The van der Waals surface area contributed by atoms with Crippen LogP contribution >= 0.6 is 15.9 Å². The molecule has 1 amide bonds. The lowest BCUT2D eigenvalue weighted by molar-refractivity contribution is -0.118. The minimum atomic E-state index is -0.338. The Kier molecular flexibility index (Phi) is 3.62. The number of halogens is 1. The van der Waals surface area contributed by atoms with Crippen LogP contribution in [0, 0.1) is 13.8 Å². The smallest absolute Gasteiger partial charge is 0.235 e. The molecule has 0 spiro atoms. The van der Waals surface area contributed by atoms with Crippen LogP contribution in [0.15, 0.2) is 46.9 Å². The number of nitrogens with one attached hydrogen (secondary N) is 1. The van der Waals surface area contributed by atoms with Gasteiger partial charge in [-0.1, -0.05) is 46.3 Å². The third-order valence-corrected chi connectivity index (χ3v) is 4.83. The number of rotatable bonds is 3. The van der Waals surface area contributed by atoms with Crippen molar-refractivity contribution < 1.29 is 4.79 Å². The molecule has 0 aromatic heterocycles. The Labute approximate surface area is 133 Å². The lowest BCUT2D eigenvalue weighted by atomic mass is 9.94. The number of aryl methyl sites for hydroxylation is 2. The number of carbonyl (C=O) groups is 1. The molecule has 2 aromatic rings. The fourth-order valence-electron chi connectivity index (χ4n) is 2.79. The maximum Gasteiger partial charge on any atom is 0.235 e. The molecule has 0 saturated heterocycles. The largest absolute Gasteiger partial charge is 0.325 e. The molecule has 108 valence electrons. The van der Waals surface area contributed by atoms with Crippen LogP contribution in [0.3, 0.4) is 0 Å². The highest BCUT2D eigenvalue weighted by Crippen LogP contribution is 2.49. The van der Waals surface area contributed by atoms with Crippen LogP contribution in [0.5, 0.6) is 0 Å². The van der Waals surface area contributed by atoms with Gasteiger partial charge in [0.2, 0.25) is 5.91 Å². The second-order valence-electron chi connectivity index (χ2n) is 5.81. The first-order valence-corrected chi connectivity index (χ1v) is 7.96. The fourth-order valence-corrected chi connectivity index (χ4v) is 3.05. The van der Waals surface area contributed by atoms with Gasteiger partial charge in [0.15, 0.2) is 0 Å². The van der Waals surface area contributed by atoms with Crippen molar-refractivity contribution in [2.24, 2.45) is 0 Å². The zero-order valence-electron chi connectivity index (χ0n) is 12.2. The highest BCUT2D eigenvalue weighted by molar-refractivity contribution is 9.10. The maximum atomic E-state index is 12.8. The van der Waals surface area contributed by atoms with Crippen molar-refractivity contribution in [2.75, 3.05) is 5.32 Å². The van der Waals surface area contributed by atoms with Crippen LogP contribution in [-0.2, 0) is 10.2 Å². The molecule has 1 fully saturated rings. The Balaban J connectivity index is 1.87. The van der Waals surface area contributed by atoms with Gasteiger partial charge in [0.05, 0.1) is 5.41 Å². The molecule has 0 atom stereocenters. The molecule has 0 aliphatic heterocycles. The monoisotopic (exact) mass is 343 g/mol. The summed E-state index contributed by atoms with van der Waals surface area (Å²) in [6.45, 7) is 4.06. The van der Waals surface area contributed by atoms with Crippen molar-refractivity contribution in [2.45, 2.75) is 32.1 Å². The van der Waals surface area contributed by atoms with Crippen LogP contribution in [0.25, 0.3) is 0 Å². The number of para-hydroxylation sites is 1. The summed E-state index contributed by atoms with van der Waals surface area (Å²) in [5, 5.41) is 3.14. The summed E-state index contributed by atoms with van der Waals surface area (Å²) in [6, 6.07) is 14.2. The van der Waals surface area contributed by atoms with Gasteiger partial charge < -0.3 is 5.32 Å². The Morgan fingerprint density at radius 1 is 1.05 bits per heavy atom. The Morgan fingerprint density at radius 3 is 2.14 bits per heavy atom. The van der Waals surface area contributed by atoms with E-state index in [1.807, 2.05) is 56.3 Å². The average Bonchev–Trinajstić information content (AvgIpc) is 3.25.